The molecule has 2 saturated heterocycles. The molecule has 2 aromatic rings. The average Bonchev–Trinajstić information content (AvgIpc) is 3.44. The zero-order valence-electron chi connectivity index (χ0n) is 25.1. The minimum absolute atomic E-state index is 0.0602. The number of halogens is 17. The highest BCUT2D eigenvalue weighted by molar-refractivity contribution is 5.64. The molecule has 4 rings (SSSR count). The molecule has 0 amide bonds. The summed E-state index contributed by atoms with van der Waals surface area (Å²) in [4.78, 5) is 0. The normalized spacial score (nSPS) is 22.7. The third-order valence-electron chi connectivity index (χ3n) is 8.52. The van der Waals surface area contributed by atoms with Crippen LogP contribution in [0.25, 0.3) is 11.1 Å². The van der Waals surface area contributed by atoms with Crippen LogP contribution in [0.3, 0.4) is 0 Å². The largest absolute Gasteiger partial charge is 0.491 e. The lowest BCUT2D eigenvalue weighted by atomic mass is 9.81. The highest BCUT2D eigenvalue weighted by Crippen LogP contribution is 2.64. The van der Waals surface area contributed by atoms with Gasteiger partial charge in [0, 0.05) is 12.3 Å². The molecule has 4 atom stereocenters. The van der Waals surface area contributed by atoms with Gasteiger partial charge in [-0.2, -0.15) is 79.9 Å². The molecule has 0 aliphatic carbocycles. The average molecular weight is 767 g/mol. The zero-order chi connectivity index (χ0) is 38.6. The molecule has 4 nitrogen and oxygen atoms in total. The maximum Gasteiger partial charge on any atom is 0.460 e. The highest BCUT2D eigenvalue weighted by atomic mass is 19.4. The summed E-state index contributed by atoms with van der Waals surface area (Å²) in [7, 11) is 0. The van der Waals surface area contributed by atoms with E-state index in [2.05, 4.69) is 0 Å². The standard InChI is InChI=1S/C30H22F17NO3/c31-23(32,24(33,34)25(35,36)26(37,38)27(39,40)28(41,42)29(43,44)30(45,46)47)11-18-13-50-22-21(18)10-9-20(51-22)14-49-19-7-5-17(6-8-19)16-3-1-15(12-48)2-4-16/h1-8,18,20-22H,9-11,13-14H2/t18-,20-,21-,22-/m0/s1. The van der Waals surface area contributed by atoms with Crippen molar-refractivity contribution < 1.29 is 88.8 Å². The minimum Gasteiger partial charge on any atom is -0.491 e. The molecule has 284 valence electrons. The SMILES string of the molecule is N#Cc1ccc(-c2ccc(OC[C@@H]3CC[C@H]4[C@@H](CC(F)(F)C(F)(F)C(F)(F)C(F)(F)C(F)(F)C(F)(F)C(F)(F)C(F)(F)F)CO[C@H]4O3)cc2)cc1. The van der Waals surface area contributed by atoms with Gasteiger partial charge in [0.25, 0.3) is 0 Å². The molecule has 0 spiro atoms. The van der Waals surface area contributed by atoms with Crippen LogP contribution in [0, 0.1) is 23.2 Å². The first kappa shape index (κ1) is 40.2. The van der Waals surface area contributed by atoms with Gasteiger partial charge < -0.3 is 14.2 Å². The number of hydrogen-bond acceptors (Lipinski definition) is 4. The molecule has 2 fully saturated rings. The van der Waals surface area contributed by atoms with E-state index in [1.807, 2.05) is 6.07 Å². The van der Waals surface area contributed by atoms with Gasteiger partial charge >= 0.3 is 47.6 Å². The van der Waals surface area contributed by atoms with Crippen molar-refractivity contribution in [2.45, 2.75) is 79.3 Å². The third-order valence-corrected chi connectivity index (χ3v) is 8.52. The van der Waals surface area contributed by atoms with Crippen molar-refractivity contribution in [2.24, 2.45) is 11.8 Å². The fourth-order valence-corrected chi connectivity index (χ4v) is 5.49. The van der Waals surface area contributed by atoms with E-state index in [9.17, 15) is 74.6 Å². The van der Waals surface area contributed by atoms with Gasteiger partial charge in [0.1, 0.15) is 12.4 Å². The minimum atomic E-state index is -8.66. The second-order valence-electron chi connectivity index (χ2n) is 11.8. The van der Waals surface area contributed by atoms with Crippen molar-refractivity contribution in [1.82, 2.24) is 0 Å². The van der Waals surface area contributed by atoms with Crippen LogP contribution in [-0.2, 0) is 9.47 Å². The van der Waals surface area contributed by atoms with Crippen molar-refractivity contribution in [3.8, 4) is 22.9 Å². The molecule has 2 aromatic carbocycles. The third kappa shape index (κ3) is 6.66. The number of fused-ring (bicyclic) bond motifs is 1. The van der Waals surface area contributed by atoms with Crippen molar-refractivity contribution in [1.29, 1.82) is 5.26 Å². The van der Waals surface area contributed by atoms with E-state index in [-0.39, 0.29) is 19.4 Å². The molecule has 21 heteroatoms. The molecule has 0 aromatic heterocycles. The van der Waals surface area contributed by atoms with Gasteiger partial charge in [0.15, 0.2) is 6.29 Å². The van der Waals surface area contributed by atoms with Gasteiger partial charge in [-0.15, -0.1) is 0 Å². The number of hydrogen-bond donors (Lipinski definition) is 0. The lowest BCUT2D eigenvalue weighted by Crippen LogP contribution is -2.74. The Labute approximate surface area is 276 Å². The molecule has 0 unspecified atom stereocenters. The van der Waals surface area contributed by atoms with Gasteiger partial charge in [-0.3, -0.25) is 0 Å². The van der Waals surface area contributed by atoms with Crippen LogP contribution < -0.4 is 4.74 Å². The molecule has 2 aliphatic heterocycles. The molecule has 0 saturated carbocycles. The molecular weight excluding hydrogens is 745 g/mol. The Morgan fingerprint density at radius 3 is 1.59 bits per heavy atom. The van der Waals surface area contributed by atoms with E-state index < -0.39 is 84.9 Å². The number of alkyl halides is 17. The fraction of sp³-hybridized carbons (Fsp3) is 0.567. The Bertz CT molecular complexity index is 1570. The Kier molecular flexibility index (Phi) is 10.4. The first-order chi connectivity index (χ1) is 23.2. The van der Waals surface area contributed by atoms with E-state index in [1.54, 1.807) is 48.5 Å². The number of rotatable bonds is 12. The summed E-state index contributed by atoms with van der Waals surface area (Å²) in [6.07, 6.45) is -12.9. The van der Waals surface area contributed by atoms with Crippen LogP contribution in [0.1, 0.15) is 24.8 Å². The van der Waals surface area contributed by atoms with E-state index in [0.717, 1.165) is 11.1 Å². The molecule has 0 bridgehead atoms. The van der Waals surface area contributed by atoms with E-state index in [0.29, 0.717) is 11.3 Å². The molecule has 0 N–H and O–H groups in total. The second kappa shape index (κ2) is 13.1. The number of nitriles is 1. The smallest absolute Gasteiger partial charge is 0.460 e. The Hall–Kier alpha value is -3.54. The van der Waals surface area contributed by atoms with Crippen molar-refractivity contribution in [3.63, 3.8) is 0 Å². The van der Waals surface area contributed by atoms with Gasteiger partial charge in [0.05, 0.1) is 24.3 Å². The Morgan fingerprint density at radius 1 is 0.627 bits per heavy atom. The molecule has 2 heterocycles. The molecule has 51 heavy (non-hydrogen) atoms. The van der Waals surface area contributed by atoms with Gasteiger partial charge in [-0.1, -0.05) is 24.3 Å². The lowest BCUT2D eigenvalue weighted by Gasteiger charge is -2.43. The van der Waals surface area contributed by atoms with Crippen molar-refractivity contribution in [3.05, 3.63) is 54.1 Å². The zero-order valence-corrected chi connectivity index (χ0v) is 25.1. The van der Waals surface area contributed by atoms with Crippen LogP contribution in [0.4, 0.5) is 74.6 Å². The summed E-state index contributed by atoms with van der Waals surface area (Å²) in [6, 6.07) is 15.1. The van der Waals surface area contributed by atoms with Gasteiger partial charge in [-0.05, 0) is 54.2 Å². The van der Waals surface area contributed by atoms with Gasteiger partial charge in [0.2, 0.25) is 0 Å². The first-order valence-corrected chi connectivity index (χ1v) is 14.4. The second-order valence-corrected chi connectivity index (χ2v) is 11.8. The summed E-state index contributed by atoms with van der Waals surface area (Å²) in [6.45, 7) is -1.16. The van der Waals surface area contributed by atoms with Crippen LogP contribution >= 0.6 is 0 Å². The van der Waals surface area contributed by atoms with Crippen LogP contribution in [-0.4, -0.2) is 73.2 Å². The highest BCUT2D eigenvalue weighted by Gasteiger charge is 2.95. The summed E-state index contributed by atoms with van der Waals surface area (Å²) in [5.41, 5.74) is 1.98. The predicted molar refractivity (Wildman–Crippen MR) is 138 cm³/mol. The van der Waals surface area contributed by atoms with Crippen molar-refractivity contribution >= 4 is 0 Å². The number of ether oxygens (including phenoxy) is 3. The van der Waals surface area contributed by atoms with E-state index in [1.165, 1.54) is 0 Å². The number of nitrogens with zero attached hydrogens (tertiary/aromatic N) is 1. The molecule has 2 aliphatic rings. The van der Waals surface area contributed by atoms with E-state index >= 15 is 0 Å². The van der Waals surface area contributed by atoms with Crippen LogP contribution in [0.5, 0.6) is 5.75 Å². The summed E-state index contributed by atoms with van der Waals surface area (Å²) < 4.78 is 248. The Balaban J connectivity index is 1.40. The maximum atomic E-state index is 14.6. The first-order valence-electron chi connectivity index (χ1n) is 14.4. The van der Waals surface area contributed by atoms with Gasteiger partial charge in [-0.25, -0.2) is 0 Å². The van der Waals surface area contributed by atoms with Crippen LogP contribution in [0.2, 0.25) is 0 Å². The fourth-order valence-electron chi connectivity index (χ4n) is 5.49. The van der Waals surface area contributed by atoms with E-state index in [4.69, 9.17) is 19.5 Å². The molecule has 0 radical (unpaired) electrons. The summed E-state index contributed by atoms with van der Waals surface area (Å²) in [5, 5.41) is 8.90. The lowest BCUT2D eigenvalue weighted by molar-refractivity contribution is -0.462. The number of benzene rings is 2. The predicted octanol–water partition coefficient (Wildman–Crippen LogP) is 9.77. The monoisotopic (exact) mass is 767 g/mol. The Morgan fingerprint density at radius 2 is 1.10 bits per heavy atom. The maximum absolute atomic E-state index is 14.6. The van der Waals surface area contributed by atoms with Crippen LogP contribution in [0.15, 0.2) is 48.5 Å². The summed E-state index contributed by atoms with van der Waals surface area (Å²) >= 11 is 0. The quantitative estimate of drug-likeness (QED) is 0.202. The molecular formula is C30H22F17NO3. The summed E-state index contributed by atoms with van der Waals surface area (Å²) in [5.74, 6) is -59.5. The van der Waals surface area contributed by atoms with Crippen molar-refractivity contribution in [2.75, 3.05) is 13.2 Å². The topological polar surface area (TPSA) is 51.5 Å².